The summed E-state index contributed by atoms with van der Waals surface area (Å²) in [5, 5.41) is 10.2. The van der Waals surface area contributed by atoms with E-state index < -0.39 is 0 Å². The predicted molar refractivity (Wildman–Crippen MR) is 74.2 cm³/mol. The Balaban J connectivity index is 2.23. The molecule has 17 heavy (non-hydrogen) atoms. The molecule has 2 aromatic rings. The van der Waals surface area contributed by atoms with Crippen molar-refractivity contribution in [3.63, 3.8) is 0 Å². The van der Waals surface area contributed by atoms with Gasteiger partial charge in [-0.1, -0.05) is 0 Å². The summed E-state index contributed by atoms with van der Waals surface area (Å²) in [5.41, 5.74) is 9.15. The van der Waals surface area contributed by atoms with E-state index in [9.17, 15) is 0 Å². The van der Waals surface area contributed by atoms with Crippen molar-refractivity contribution in [2.75, 3.05) is 0 Å². The molecule has 0 aliphatic heterocycles. The van der Waals surface area contributed by atoms with Crippen molar-refractivity contribution in [1.29, 1.82) is 0 Å². The second kappa shape index (κ2) is 5.25. The van der Waals surface area contributed by atoms with Gasteiger partial charge in [0, 0.05) is 21.8 Å². The summed E-state index contributed by atoms with van der Waals surface area (Å²) in [4.78, 5) is 1.27. The number of halogens is 1. The summed E-state index contributed by atoms with van der Waals surface area (Å²) in [7, 11) is 0. The third-order valence-corrected chi connectivity index (χ3v) is 4.58. The summed E-state index contributed by atoms with van der Waals surface area (Å²) >= 11 is 5.25. The van der Waals surface area contributed by atoms with Gasteiger partial charge in [0.1, 0.15) is 0 Å². The second-order valence-electron chi connectivity index (χ2n) is 4.03. The van der Waals surface area contributed by atoms with Crippen molar-refractivity contribution in [1.82, 2.24) is 10.2 Å². The van der Waals surface area contributed by atoms with Crippen molar-refractivity contribution >= 4 is 27.3 Å². The van der Waals surface area contributed by atoms with Gasteiger partial charge in [-0.15, -0.1) is 11.3 Å². The lowest BCUT2D eigenvalue weighted by Crippen LogP contribution is -2.15. The Morgan fingerprint density at radius 1 is 1.41 bits per heavy atom. The van der Waals surface area contributed by atoms with Crippen LogP contribution in [0.5, 0.6) is 0 Å². The Morgan fingerprint density at radius 2 is 2.18 bits per heavy atom. The van der Waals surface area contributed by atoms with Crippen molar-refractivity contribution in [2.45, 2.75) is 26.3 Å². The quantitative estimate of drug-likeness (QED) is 0.947. The fourth-order valence-corrected chi connectivity index (χ4v) is 3.30. The maximum Gasteiger partial charge on any atom is 0.0648 e. The van der Waals surface area contributed by atoms with Gasteiger partial charge in [-0.3, -0.25) is 0 Å². The van der Waals surface area contributed by atoms with Gasteiger partial charge in [-0.05, 0) is 52.9 Å². The van der Waals surface area contributed by atoms with Crippen LogP contribution in [0.3, 0.4) is 0 Å². The zero-order chi connectivity index (χ0) is 12.4. The van der Waals surface area contributed by atoms with Crippen LogP contribution < -0.4 is 5.73 Å². The molecule has 0 saturated heterocycles. The lowest BCUT2D eigenvalue weighted by Gasteiger charge is -2.13. The summed E-state index contributed by atoms with van der Waals surface area (Å²) in [6, 6.07) is 4.04. The summed E-state index contributed by atoms with van der Waals surface area (Å²) < 4.78 is 1.13. The smallest absolute Gasteiger partial charge is 0.0648 e. The average Bonchev–Trinajstić information content (AvgIpc) is 2.68. The molecule has 5 heteroatoms. The maximum absolute atomic E-state index is 6.24. The first-order valence-corrected chi connectivity index (χ1v) is 7.03. The van der Waals surface area contributed by atoms with Crippen LogP contribution >= 0.6 is 27.3 Å². The number of aromatic nitrogens is 2. The van der Waals surface area contributed by atoms with Crippen molar-refractivity contribution in [2.24, 2.45) is 5.73 Å². The Morgan fingerprint density at radius 3 is 2.82 bits per heavy atom. The second-order valence-corrected chi connectivity index (χ2v) is 5.88. The predicted octanol–water partition coefficient (Wildman–Crippen LogP) is 3.16. The molecule has 2 heterocycles. The fraction of sp³-hybridized carbons (Fsp3) is 0.333. The Bertz CT molecular complexity index is 524. The molecule has 0 saturated carbocycles. The molecule has 0 spiro atoms. The minimum absolute atomic E-state index is 0.0286. The van der Waals surface area contributed by atoms with Gasteiger partial charge in [-0.2, -0.15) is 10.2 Å². The highest BCUT2D eigenvalue weighted by molar-refractivity contribution is 9.10. The number of nitrogens with zero attached hydrogens (tertiary/aromatic N) is 2. The van der Waals surface area contributed by atoms with E-state index in [-0.39, 0.29) is 6.04 Å². The van der Waals surface area contributed by atoms with Crippen LogP contribution in [0, 0.1) is 13.8 Å². The van der Waals surface area contributed by atoms with Gasteiger partial charge < -0.3 is 5.73 Å². The summed E-state index contributed by atoms with van der Waals surface area (Å²) in [6.07, 6.45) is 0.824. The highest BCUT2D eigenvalue weighted by Crippen LogP contribution is 2.27. The largest absolute Gasteiger partial charge is 0.324 e. The van der Waals surface area contributed by atoms with Crippen molar-refractivity contribution in [3.8, 4) is 0 Å². The zero-order valence-corrected chi connectivity index (χ0v) is 12.2. The summed E-state index contributed by atoms with van der Waals surface area (Å²) in [5.74, 6) is 0. The molecule has 0 aromatic carbocycles. The molecule has 2 rings (SSSR count). The molecule has 3 nitrogen and oxygen atoms in total. The summed E-state index contributed by atoms with van der Waals surface area (Å²) in [6.45, 7) is 3.88. The third-order valence-electron chi connectivity index (χ3n) is 2.64. The van der Waals surface area contributed by atoms with E-state index in [1.165, 1.54) is 4.88 Å². The number of hydrogen-bond acceptors (Lipinski definition) is 4. The number of aryl methyl sites for hydroxylation is 2. The van der Waals surface area contributed by atoms with Crippen molar-refractivity contribution < 1.29 is 0 Å². The third kappa shape index (κ3) is 2.91. The standard InChI is InChI=1S/C12H14BrN3S/c1-7-5-9(8(2)16-15-7)11(14)6-12-10(13)3-4-17-12/h3-5,11H,6,14H2,1-2H3. The highest BCUT2D eigenvalue weighted by Gasteiger charge is 2.14. The number of thiophene rings is 1. The Hall–Kier alpha value is -0.780. The minimum Gasteiger partial charge on any atom is -0.324 e. The lowest BCUT2D eigenvalue weighted by atomic mass is 10.0. The molecule has 90 valence electrons. The molecule has 1 atom stereocenters. The molecule has 0 fully saturated rings. The SMILES string of the molecule is Cc1cc(C(N)Cc2sccc2Br)c(C)nn1. The highest BCUT2D eigenvalue weighted by atomic mass is 79.9. The van der Waals surface area contributed by atoms with E-state index in [0.29, 0.717) is 0 Å². The van der Waals surface area contributed by atoms with Gasteiger partial charge in [-0.25, -0.2) is 0 Å². The molecule has 0 aliphatic rings. The van der Waals surface area contributed by atoms with E-state index in [1.807, 2.05) is 19.9 Å². The Kier molecular flexibility index (Phi) is 3.91. The van der Waals surface area contributed by atoms with Crippen LogP contribution in [0.4, 0.5) is 0 Å². The van der Waals surface area contributed by atoms with Crippen LogP contribution in [-0.2, 0) is 6.42 Å². The molecule has 0 bridgehead atoms. The number of nitrogens with two attached hydrogens (primary N) is 1. The monoisotopic (exact) mass is 311 g/mol. The molecular weight excluding hydrogens is 298 g/mol. The van der Waals surface area contributed by atoms with E-state index in [2.05, 4.69) is 37.6 Å². The Labute approximate surface area is 113 Å². The number of hydrogen-bond donors (Lipinski definition) is 1. The van der Waals surface area contributed by atoms with E-state index in [1.54, 1.807) is 11.3 Å². The van der Waals surface area contributed by atoms with Gasteiger partial charge in [0.25, 0.3) is 0 Å². The first-order chi connectivity index (χ1) is 8.08. The van der Waals surface area contributed by atoms with Crippen LogP contribution in [0.25, 0.3) is 0 Å². The van der Waals surface area contributed by atoms with Crippen molar-refractivity contribution in [3.05, 3.63) is 43.8 Å². The molecule has 0 aliphatic carbocycles. The maximum atomic E-state index is 6.24. The zero-order valence-electron chi connectivity index (χ0n) is 9.77. The van der Waals surface area contributed by atoms with Crippen LogP contribution in [-0.4, -0.2) is 10.2 Å². The van der Waals surface area contributed by atoms with Crippen LogP contribution in [0.1, 0.15) is 27.9 Å². The first-order valence-electron chi connectivity index (χ1n) is 5.36. The topological polar surface area (TPSA) is 51.8 Å². The van der Waals surface area contributed by atoms with Gasteiger partial charge in [0.2, 0.25) is 0 Å². The van der Waals surface area contributed by atoms with E-state index in [0.717, 1.165) is 27.8 Å². The lowest BCUT2D eigenvalue weighted by molar-refractivity contribution is 0.706. The van der Waals surface area contributed by atoms with E-state index >= 15 is 0 Å². The van der Waals surface area contributed by atoms with E-state index in [4.69, 9.17) is 5.73 Å². The molecular formula is C12H14BrN3S. The fourth-order valence-electron chi connectivity index (χ4n) is 1.73. The average molecular weight is 312 g/mol. The van der Waals surface area contributed by atoms with Crippen LogP contribution in [0.2, 0.25) is 0 Å². The van der Waals surface area contributed by atoms with Gasteiger partial charge in [0.15, 0.2) is 0 Å². The van der Waals surface area contributed by atoms with Gasteiger partial charge >= 0.3 is 0 Å². The molecule has 0 radical (unpaired) electrons. The van der Waals surface area contributed by atoms with Gasteiger partial charge in [0.05, 0.1) is 11.4 Å². The molecule has 2 aromatic heterocycles. The van der Waals surface area contributed by atoms with Crippen LogP contribution in [0.15, 0.2) is 22.0 Å². The molecule has 2 N–H and O–H groups in total. The first kappa shape index (κ1) is 12.7. The normalized spacial score (nSPS) is 12.7. The number of rotatable bonds is 3. The molecule has 1 unspecified atom stereocenters. The molecule has 0 amide bonds. The minimum atomic E-state index is -0.0286.